The van der Waals surface area contributed by atoms with Crippen molar-refractivity contribution in [2.45, 2.75) is 45.1 Å². The lowest BCUT2D eigenvalue weighted by molar-refractivity contribution is -0.121. The molecule has 3 heterocycles. The molecule has 10 heteroatoms. The van der Waals surface area contributed by atoms with Crippen molar-refractivity contribution in [2.24, 2.45) is 11.8 Å². The van der Waals surface area contributed by atoms with Gasteiger partial charge in [0, 0.05) is 35.8 Å². The van der Waals surface area contributed by atoms with Crippen molar-refractivity contribution in [1.82, 2.24) is 19.9 Å². The summed E-state index contributed by atoms with van der Waals surface area (Å²) >= 11 is 6.15. The minimum Gasteiger partial charge on any atom is -0.326 e. The number of amides is 3. The first-order chi connectivity index (χ1) is 18.4. The fraction of sp³-hybridized carbons (Fsp3) is 0.357. The summed E-state index contributed by atoms with van der Waals surface area (Å²) in [5, 5.41) is 6.20. The van der Waals surface area contributed by atoms with Crippen molar-refractivity contribution in [3.63, 3.8) is 0 Å². The number of pyridine rings is 1. The fourth-order valence-electron chi connectivity index (χ4n) is 5.16. The van der Waals surface area contributed by atoms with Crippen LogP contribution in [-0.4, -0.2) is 50.2 Å². The number of hydrogen-bond donors (Lipinski definition) is 2. The van der Waals surface area contributed by atoms with Gasteiger partial charge in [0.1, 0.15) is 6.04 Å². The Kier molecular flexibility index (Phi) is 7.64. The second-order valence-corrected chi connectivity index (χ2v) is 10.4. The van der Waals surface area contributed by atoms with Gasteiger partial charge in [-0.25, -0.2) is 4.98 Å². The molecule has 5 rings (SSSR count). The molecule has 1 aliphatic heterocycles. The first-order valence-electron chi connectivity index (χ1n) is 12.8. The quantitative estimate of drug-likeness (QED) is 0.489. The van der Waals surface area contributed by atoms with Crippen LogP contribution >= 0.6 is 11.6 Å². The number of carbonyl (C=O) groups is 3. The summed E-state index contributed by atoms with van der Waals surface area (Å²) < 4.78 is 0. The lowest BCUT2D eigenvalue weighted by atomic mass is 9.81. The summed E-state index contributed by atoms with van der Waals surface area (Å²) in [6.07, 6.45) is 8.09. The third-order valence-corrected chi connectivity index (χ3v) is 7.48. The summed E-state index contributed by atoms with van der Waals surface area (Å²) in [6.45, 7) is 2.26. The molecule has 2 N–H and O–H groups in total. The molecule has 1 aromatic carbocycles. The van der Waals surface area contributed by atoms with Gasteiger partial charge in [-0.15, -0.1) is 0 Å². The summed E-state index contributed by atoms with van der Waals surface area (Å²) in [7, 11) is 0. The Bertz CT molecular complexity index is 1330. The normalized spacial score (nSPS) is 21.3. The number of aromatic nitrogens is 3. The zero-order valence-electron chi connectivity index (χ0n) is 21.1. The number of nitrogens with one attached hydrogen (secondary N) is 2. The van der Waals surface area contributed by atoms with E-state index in [1.54, 1.807) is 41.7 Å². The highest BCUT2D eigenvalue weighted by molar-refractivity contribution is 6.31. The molecule has 1 saturated carbocycles. The van der Waals surface area contributed by atoms with Crippen LogP contribution in [0, 0.1) is 18.8 Å². The zero-order valence-corrected chi connectivity index (χ0v) is 21.8. The predicted octanol–water partition coefficient (Wildman–Crippen LogP) is 4.28. The van der Waals surface area contributed by atoms with E-state index in [1.807, 2.05) is 25.1 Å². The Morgan fingerprint density at radius 1 is 1.08 bits per heavy atom. The number of anilines is 2. The molecule has 0 spiro atoms. The summed E-state index contributed by atoms with van der Waals surface area (Å²) in [5.74, 6) is -0.0727. The van der Waals surface area contributed by atoms with Crippen LogP contribution in [0.4, 0.5) is 11.5 Å². The van der Waals surface area contributed by atoms with Gasteiger partial charge in [-0.05, 0) is 68.9 Å². The monoisotopic (exact) mass is 532 g/mol. The minimum absolute atomic E-state index is 0.0642. The Balaban J connectivity index is 1.30. The number of benzene rings is 1. The maximum absolute atomic E-state index is 13.8. The summed E-state index contributed by atoms with van der Waals surface area (Å²) in [4.78, 5) is 54.4. The number of aryl methyl sites for hydroxylation is 1. The number of carbonyl (C=O) groups excluding carboxylic acids is 3. The third-order valence-electron chi connectivity index (χ3n) is 7.24. The average molecular weight is 533 g/mol. The SMILES string of the molecule is Cc1cnc(NC(=O)C2CCC(CN3C(=O)c4ccc(Cl)cc4NC(=O)[C@H]3Cc3ccccn3)CC2)cn1. The van der Waals surface area contributed by atoms with E-state index in [-0.39, 0.29) is 29.6 Å². The Morgan fingerprint density at radius 3 is 2.61 bits per heavy atom. The lowest BCUT2D eigenvalue weighted by Gasteiger charge is -2.35. The third kappa shape index (κ3) is 5.83. The Labute approximate surface area is 226 Å². The summed E-state index contributed by atoms with van der Waals surface area (Å²) in [5.41, 5.74) is 2.35. The van der Waals surface area contributed by atoms with Crippen molar-refractivity contribution >= 4 is 40.8 Å². The van der Waals surface area contributed by atoms with E-state index < -0.39 is 6.04 Å². The van der Waals surface area contributed by atoms with Crippen molar-refractivity contribution in [3.05, 3.63) is 77.0 Å². The van der Waals surface area contributed by atoms with Gasteiger partial charge >= 0.3 is 0 Å². The average Bonchev–Trinajstić information content (AvgIpc) is 3.00. The lowest BCUT2D eigenvalue weighted by Crippen LogP contribution is -2.49. The number of rotatable bonds is 6. The maximum atomic E-state index is 13.8. The number of hydrogen-bond acceptors (Lipinski definition) is 6. The molecule has 196 valence electrons. The first-order valence-corrected chi connectivity index (χ1v) is 13.2. The van der Waals surface area contributed by atoms with E-state index in [4.69, 9.17) is 11.6 Å². The van der Waals surface area contributed by atoms with Crippen LogP contribution in [0.3, 0.4) is 0 Å². The number of halogens is 1. The number of nitrogens with zero attached hydrogens (tertiary/aromatic N) is 4. The highest BCUT2D eigenvalue weighted by atomic mass is 35.5. The highest BCUT2D eigenvalue weighted by Gasteiger charge is 2.38. The van der Waals surface area contributed by atoms with E-state index in [0.29, 0.717) is 47.9 Å². The largest absolute Gasteiger partial charge is 0.326 e. The molecule has 2 aliphatic rings. The van der Waals surface area contributed by atoms with Gasteiger partial charge in [0.15, 0.2) is 5.82 Å². The standard InChI is InChI=1S/C28H29ClN6O3/c1-17-14-32-25(15-31-17)34-26(36)19-7-5-18(6-8-19)16-35-24(13-21-4-2-3-11-30-21)27(37)33-23-12-20(29)9-10-22(23)28(35)38/h2-4,9-12,14-15,18-19,24H,5-8,13,16H2,1H3,(H,33,37)(H,32,34,36)/t18?,19?,24-/m1/s1. The van der Waals surface area contributed by atoms with Gasteiger partial charge in [0.05, 0.1) is 29.3 Å². The van der Waals surface area contributed by atoms with Crippen molar-refractivity contribution < 1.29 is 14.4 Å². The summed E-state index contributed by atoms with van der Waals surface area (Å²) in [6, 6.07) is 9.74. The van der Waals surface area contributed by atoms with E-state index in [1.165, 1.54) is 0 Å². The van der Waals surface area contributed by atoms with E-state index in [9.17, 15) is 14.4 Å². The Morgan fingerprint density at radius 2 is 1.89 bits per heavy atom. The predicted molar refractivity (Wildman–Crippen MR) is 144 cm³/mol. The molecule has 9 nitrogen and oxygen atoms in total. The molecule has 2 aromatic heterocycles. The molecule has 3 amide bonds. The molecular formula is C28H29ClN6O3. The second kappa shape index (κ2) is 11.3. The zero-order chi connectivity index (χ0) is 26.6. The van der Waals surface area contributed by atoms with E-state index >= 15 is 0 Å². The highest BCUT2D eigenvalue weighted by Crippen LogP contribution is 2.33. The fourth-order valence-corrected chi connectivity index (χ4v) is 5.33. The molecule has 38 heavy (non-hydrogen) atoms. The van der Waals surface area contributed by atoms with Crippen LogP contribution in [0.25, 0.3) is 0 Å². The minimum atomic E-state index is -0.718. The van der Waals surface area contributed by atoms with Crippen LogP contribution in [0.1, 0.15) is 47.4 Å². The Hall–Kier alpha value is -3.85. The van der Waals surface area contributed by atoms with Gasteiger partial charge in [-0.1, -0.05) is 17.7 Å². The molecule has 1 atom stereocenters. The van der Waals surface area contributed by atoms with Crippen LogP contribution < -0.4 is 10.6 Å². The number of fused-ring (bicyclic) bond motifs is 1. The van der Waals surface area contributed by atoms with Crippen LogP contribution in [-0.2, 0) is 16.0 Å². The van der Waals surface area contributed by atoms with Gasteiger partial charge in [0.25, 0.3) is 5.91 Å². The topological polar surface area (TPSA) is 117 Å². The molecular weight excluding hydrogens is 504 g/mol. The first kappa shape index (κ1) is 25.8. The van der Waals surface area contributed by atoms with E-state index in [0.717, 1.165) is 24.2 Å². The second-order valence-electron chi connectivity index (χ2n) is 9.93. The van der Waals surface area contributed by atoms with Crippen molar-refractivity contribution in [3.8, 4) is 0 Å². The molecule has 0 radical (unpaired) electrons. The molecule has 1 fully saturated rings. The molecule has 3 aromatic rings. The van der Waals surface area contributed by atoms with Crippen LogP contribution in [0.15, 0.2) is 55.0 Å². The van der Waals surface area contributed by atoms with Crippen LogP contribution in [0.2, 0.25) is 5.02 Å². The molecule has 0 saturated heterocycles. The van der Waals surface area contributed by atoms with Crippen molar-refractivity contribution in [1.29, 1.82) is 0 Å². The maximum Gasteiger partial charge on any atom is 0.256 e. The van der Waals surface area contributed by atoms with Gasteiger partial charge in [-0.2, -0.15) is 0 Å². The molecule has 1 aliphatic carbocycles. The van der Waals surface area contributed by atoms with Gasteiger partial charge < -0.3 is 15.5 Å². The van der Waals surface area contributed by atoms with Crippen molar-refractivity contribution in [2.75, 3.05) is 17.2 Å². The smallest absolute Gasteiger partial charge is 0.256 e. The van der Waals surface area contributed by atoms with Gasteiger partial charge in [-0.3, -0.25) is 24.4 Å². The molecule has 0 unspecified atom stereocenters. The van der Waals surface area contributed by atoms with Gasteiger partial charge in [0.2, 0.25) is 11.8 Å². The van der Waals surface area contributed by atoms with Crippen LogP contribution in [0.5, 0.6) is 0 Å². The van der Waals surface area contributed by atoms with E-state index in [2.05, 4.69) is 25.6 Å². The molecule has 0 bridgehead atoms.